The van der Waals surface area contributed by atoms with Crippen molar-refractivity contribution in [3.63, 3.8) is 0 Å². The molecular formula is C33H54N2O4. The Morgan fingerprint density at radius 3 is 2.33 bits per heavy atom. The van der Waals surface area contributed by atoms with Gasteiger partial charge in [-0.05, 0) is 100 Å². The third-order valence-electron chi connectivity index (χ3n) is 14.7. The predicted octanol–water partition coefficient (Wildman–Crippen LogP) is 4.56. The zero-order valence-electron chi connectivity index (χ0n) is 25.4. The van der Waals surface area contributed by atoms with E-state index in [1.807, 2.05) is 0 Å². The number of amides is 1. The van der Waals surface area contributed by atoms with E-state index < -0.39 is 5.41 Å². The number of carbonyl (C=O) groups excluding carboxylic acids is 2. The van der Waals surface area contributed by atoms with Gasteiger partial charge in [0.05, 0.1) is 12.7 Å². The highest BCUT2D eigenvalue weighted by atomic mass is 16.3. The second-order valence-corrected chi connectivity index (χ2v) is 16.0. The van der Waals surface area contributed by atoms with Gasteiger partial charge >= 0.3 is 0 Å². The van der Waals surface area contributed by atoms with Crippen LogP contribution in [0.1, 0.15) is 105 Å². The Kier molecular flexibility index (Phi) is 6.50. The highest BCUT2D eigenvalue weighted by molar-refractivity contribution is 5.92. The fraction of sp³-hybridized carbons (Fsp3) is 0.939. The van der Waals surface area contributed by atoms with E-state index in [0.717, 1.165) is 64.2 Å². The molecule has 220 valence electrons. The van der Waals surface area contributed by atoms with Crippen LogP contribution in [0.2, 0.25) is 0 Å². The summed E-state index contributed by atoms with van der Waals surface area (Å²) < 4.78 is 0. The average Bonchev–Trinajstić information content (AvgIpc) is 3.54. The molecular weight excluding hydrogens is 488 g/mol. The molecule has 0 heterocycles. The Labute approximate surface area is 236 Å². The molecule has 6 heteroatoms. The standard InChI is InChI=1S/C33H54N2O4/c1-20(35(5)6)27-22(37)16-30(3)24-13-12-23-29(2,19-36)25(34-28(39)21-10-8-7-9-11-21)14-15-32(23)18-33(24,32)26(38)17-31(27,30)4/h20-25,27,36-37H,7-19H2,1-6H3,(H,34,39)/t20-,22+,23-,24-,25-,27-,29-,30-,31+,32+,33-/m0/s1. The number of aliphatic hydroxyl groups is 2. The molecule has 0 aliphatic heterocycles. The van der Waals surface area contributed by atoms with Crippen molar-refractivity contribution in [1.82, 2.24) is 10.2 Å². The van der Waals surface area contributed by atoms with Gasteiger partial charge in [-0.3, -0.25) is 9.59 Å². The molecule has 0 bridgehead atoms. The quantitative estimate of drug-likeness (QED) is 0.474. The van der Waals surface area contributed by atoms with Crippen molar-refractivity contribution in [2.24, 2.45) is 50.7 Å². The Hall–Kier alpha value is -0.980. The van der Waals surface area contributed by atoms with Crippen molar-refractivity contribution in [1.29, 1.82) is 0 Å². The maximum Gasteiger partial charge on any atom is 0.223 e. The first-order valence-electron chi connectivity index (χ1n) is 16.1. The number of hydrogen-bond donors (Lipinski definition) is 3. The summed E-state index contributed by atoms with van der Waals surface area (Å²) in [5.74, 6) is 1.36. The van der Waals surface area contributed by atoms with E-state index in [-0.39, 0.29) is 76.0 Å². The minimum Gasteiger partial charge on any atom is -0.396 e. The summed E-state index contributed by atoms with van der Waals surface area (Å²) in [7, 11) is 4.18. The molecule has 11 atom stereocenters. The van der Waals surface area contributed by atoms with Gasteiger partial charge < -0.3 is 20.4 Å². The molecule has 0 saturated heterocycles. The molecule has 3 N–H and O–H groups in total. The van der Waals surface area contributed by atoms with Crippen molar-refractivity contribution in [3.05, 3.63) is 0 Å². The first-order valence-corrected chi connectivity index (χ1v) is 16.1. The van der Waals surface area contributed by atoms with Crippen molar-refractivity contribution in [3.8, 4) is 0 Å². The predicted molar refractivity (Wildman–Crippen MR) is 152 cm³/mol. The second-order valence-electron chi connectivity index (χ2n) is 16.0. The molecule has 0 aromatic heterocycles. The highest BCUT2D eigenvalue weighted by Crippen LogP contribution is 2.87. The zero-order valence-corrected chi connectivity index (χ0v) is 25.4. The summed E-state index contributed by atoms with van der Waals surface area (Å²) >= 11 is 0. The van der Waals surface area contributed by atoms with Gasteiger partial charge in [-0.25, -0.2) is 0 Å². The lowest BCUT2D eigenvalue weighted by Gasteiger charge is -2.63. The first kappa shape index (κ1) is 28.2. The van der Waals surface area contributed by atoms with Crippen molar-refractivity contribution in [2.75, 3.05) is 20.7 Å². The minimum atomic E-state index is -0.407. The monoisotopic (exact) mass is 542 g/mol. The number of fused-ring (bicyclic) bond motifs is 2. The first-order chi connectivity index (χ1) is 18.3. The Bertz CT molecular complexity index is 1030. The normalized spacial score (nSPS) is 51.9. The number of nitrogens with one attached hydrogen (secondary N) is 1. The number of ketones is 1. The fourth-order valence-electron chi connectivity index (χ4n) is 12.3. The number of aliphatic hydroxyl groups excluding tert-OH is 2. The number of hydrogen-bond acceptors (Lipinski definition) is 5. The lowest BCUT2D eigenvalue weighted by atomic mass is 9.41. The van der Waals surface area contributed by atoms with Gasteiger partial charge in [-0.2, -0.15) is 0 Å². The van der Waals surface area contributed by atoms with Gasteiger partial charge in [0.1, 0.15) is 5.78 Å². The maximum absolute atomic E-state index is 14.5. The van der Waals surface area contributed by atoms with E-state index >= 15 is 0 Å². The third-order valence-corrected chi connectivity index (χ3v) is 14.7. The van der Waals surface area contributed by atoms with Crippen LogP contribution in [0.25, 0.3) is 0 Å². The van der Waals surface area contributed by atoms with E-state index in [2.05, 4.69) is 52.0 Å². The van der Waals surface area contributed by atoms with Crippen molar-refractivity contribution in [2.45, 2.75) is 123 Å². The fourth-order valence-corrected chi connectivity index (χ4v) is 12.3. The minimum absolute atomic E-state index is 0.0279. The summed E-state index contributed by atoms with van der Waals surface area (Å²) in [4.78, 5) is 30.0. The van der Waals surface area contributed by atoms with Gasteiger partial charge in [-0.1, -0.05) is 40.0 Å². The molecule has 6 aliphatic carbocycles. The van der Waals surface area contributed by atoms with Crippen molar-refractivity contribution >= 4 is 11.7 Å². The Morgan fingerprint density at radius 2 is 1.69 bits per heavy atom. The van der Waals surface area contributed by atoms with Crippen LogP contribution in [-0.2, 0) is 9.59 Å². The molecule has 0 aromatic carbocycles. The zero-order chi connectivity index (χ0) is 28.2. The summed E-state index contributed by atoms with van der Waals surface area (Å²) in [5, 5.41) is 25.9. The third kappa shape index (κ3) is 3.43. The van der Waals surface area contributed by atoms with Gasteiger partial charge in [-0.15, -0.1) is 0 Å². The molecule has 2 spiro atoms. The topological polar surface area (TPSA) is 89.9 Å². The van der Waals surface area contributed by atoms with E-state index in [4.69, 9.17) is 0 Å². The maximum atomic E-state index is 14.5. The summed E-state index contributed by atoms with van der Waals surface area (Å²) in [6.07, 6.45) is 11.2. The molecule has 6 saturated carbocycles. The molecule has 6 rings (SSSR count). The summed E-state index contributed by atoms with van der Waals surface area (Å²) in [6.45, 7) is 9.19. The van der Waals surface area contributed by atoms with Gasteiger partial charge in [0.25, 0.3) is 0 Å². The van der Waals surface area contributed by atoms with Gasteiger partial charge in [0.2, 0.25) is 5.91 Å². The number of rotatable bonds is 5. The Balaban J connectivity index is 1.30. The van der Waals surface area contributed by atoms with E-state index in [1.54, 1.807) is 0 Å². The van der Waals surface area contributed by atoms with Crippen LogP contribution in [0.5, 0.6) is 0 Å². The van der Waals surface area contributed by atoms with Crippen LogP contribution in [-0.4, -0.2) is 65.7 Å². The molecule has 6 fully saturated rings. The van der Waals surface area contributed by atoms with E-state index in [9.17, 15) is 19.8 Å². The van der Waals surface area contributed by atoms with Crippen LogP contribution in [0, 0.1) is 50.7 Å². The van der Waals surface area contributed by atoms with E-state index in [0.29, 0.717) is 12.2 Å². The van der Waals surface area contributed by atoms with Crippen LogP contribution in [0.3, 0.4) is 0 Å². The lowest BCUT2D eigenvalue weighted by Crippen LogP contribution is -2.64. The number of carbonyl (C=O) groups is 2. The number of nitrogens with zero attached hydrogens (tertiary/aromatic N) is 1. The van der Waals surface area contributed by atoms with Crippen LogP contribution >= 0.6 is 0 Å². The average molecular weight is 543 g/mol. The SMILES string of the molecule is C[C@@H]([C@H]1[C@H](O)C[C@@]2(C)[C@@H]3CC[C@H]4[C@](C)(CO)[C@@H](NC(=O)C5CCCCC5)CC[C@@]45C[C@@]35C(=O)C[C@]12C)N(C)C. The number of Topliss-reactive ketones (excluding diaryl/α,β-unsaturated/α-hetero) is 1. The smallest absolute Gasteiger partial charge is 0.223 e. The lowest BCUT2D eigenvalue weighted by molar-refractivity contribution is -0.173. The Morgan fingerprint density at radius 1 is 1.03 bits per heavy atom. The van der Waals surface area contributed by atoms with Crippen LogP contribution in [0.15, 0.2) is 0 Å². The van der Waals surface area contributed by atoms with Gasteiger partial charge in [0, 0.05) is 41.2 Å². The van der Waals surface area contributed by atoms with Crippen molar-refractivity contribution < 1.29 is 19.8 Å². The molecule has 0 aromatic rings. The molecule has 6 nitrogen and oxygen atoms in total. The van der Waals surface area contributed by atoms with Gasteiger partial charge in [0.15, 0.2) is 0 Å². The highest BCUT2D eigenvalue weighted by Gasteiger charge is 2.86. The molecule has 1 amide bonds. The van der Waals surface area contributed by atoms with Crippen LogP contribution in [0.4, 0.5) is 0 Å². The molecule has 0 radical (unpaired) electrons. The summed E-state index contributed by atoms with van der Waals surface area (Å²) in [6, 6.07) is 0.180. The molecule has 6 aliphatic rings. The largest absolute Gasteiger partial charge is 0.396 e. The molecule has 39 heavy (non-hydrogen) atoms. The summed E-state index contributed by atoms with van der Waals surface area (Å²) in [5.41, 5.74) is -1.07. The van der Waals surface area contributed by atoms with E-state index in [1.165, 1.54) is 6.42 Å². The van der Waals surface area contributed by atoms with Crippen LogP contribution < -0.4 is 5.32 Å². The second kappa shape index (κ2) is 9.01. The molecule has 0 unspecified atom stereocenters.